The van der Waals surface area contributed by atoms with Crippen molar-refractivity contribution in [2.75, 3.05) is 6.61 Å². The molecule has 0 spiro atoms. The van der Waals surface area contributed by atoms with Crippen LogP contribution in [0.25, 0.3) is 0 Å². The summed E-state index contributed by atoms with van der Waals surface area (Å²) in [4.78, 5) is 19.6. The molecule has 0 aliphatic carbocycles. The van der Waals surface area contributed by atoms with Crippen LogP contribution in [0.4, 0.5) is 4.79 Å². The fourth-order valence-corrected chi connectivity index (χ4v) is 0.739. The number of hydrogen-bond acceptors (Lipinski definition) is 4. The van der Waals surface area contributed by atoms with E-state index in [0.29, 0.717) is 6.61 Å². The van der Waals surface area contributed by atoms with Crippen LogP contribution in [0, 0.1) is 0 Å². The average molecular weight is 286 g/mol. The lowest BCUT2D eigenvalue weighted by Crippen LogP contribution is -2.09. The van der Waals surface area contributed by atoms with Crippen molar-refractivity contribution in [2.45, 2.75) is 17.8 Å². The molecule has 0 saturated carbocycles. The molecular weight excluding hydrogens is 278 g/mol. The molecule has 8 heteroatoms. The van der Waals surface area contributed by atoms with Crippen LogP contribution < -0.4 is 0 Å². The van der Waals surface area contributed by atoms with Gasteiger partial charge >= 0.3 is 15.4 Å². The molecule has 0 heterocycles. The van der Waals surface area contributed by atoms with Gasteiger partial charge in [0.05, 0.1) is 6.61 Å². The number of alkyl halides is 3. The minimum Gasteiger partial charge on any atom is -0.466 e. The van der Waals surface area contributed by atoms with Gasteiger partial charge in [-0.3, -0.25) is 4.79 Å². The van der Waals surface area contributed by atoms with Crippen molar-refractivity contribution in [1.29, 1.82) is 0 Å². The molecule has 0 aliphatic heterocycles. The Morgan fingerprint density at radius 2 is 1.71 bits per heavy atom. The molecule has 14 heavy (non-hydrogen) atoms. The van der Waals surface area contributed by atoms with Crippen LogP contribution in [0.3, 0.4) is 0 Å². The maximum Gasteiger partial charge on any atom is 0.407 e. The molecule has 0 bridgehead atoms. The van der Waals surface area contributed by atoms with Gasteiger partial charge in [-0.05, 0) is 41.7 Å². The molecule has 0 aromatic carbocycles. The topological polar surface area (TPSA) is 52.6 Å². The third-order valence-electron chi connectivity index (χ3n) is 0.544. The first-order valence-corrected chi connectivity index (χ1v) is 4.78. The molecule has 0 rings (SSSR count). The monoisotopic (exact) mass is 284 g/mol. The van der Waals surface area contributed by atoms with E-state index in [-0.39, 0.29) is 5.97 Å². The van der Waals surface area contributed by atoms with E-state index in [2.05, 4.69) is 21.1 Å². The number of carbonyl (C=O) groups is 2. The Labute approximate surface area is 101 Å². The number of carbonyl (C=O) groups excluding carboxylic acids is 2. The van der Waals surface area contributed by atoms with Crippen molar-refractivity contribution in [3.05, 3.63) is 0 Å². The Morgan fingerprint density at radius 3 is 1.71 bits per heavy atom. The predicted molar refractivity (Wildman–Crippen MR) is 54.9 cm³/mol. The Kier molecular flexibility index (Phi) is 9.93. The molecule has 0 radical (unpaired) electrons. The second-order valence-electron chi connectivity index (χ2n) is 1.71. The highest BCUT2D eigenvalue weighted by Crippen LogP contribution is 2.27. The molecule has 0 N–H and O–H groups in total. The molecule has 0 amide bonds. The van der Waals surface area contributed by atoms with E-state index in [1.807, 2.05) is 0 Å². The zero-order valence-electron chi connectivity index (χ0n) is 7.35. The van der Waals surface area contributed by atoms with Crippen LogP contribution in [0.5, 0.6) is 0 Å². The first-order chi connectivity index (χ1) is 6.19. The number of halogens is 4. The van der Waals surface area contributed by atoms with Gasteiger partial charge in [0.1, 0.15) is 0 Å². The molecule has 0 atom stereocenters. The first kappa shape index (κ1) is 16.5. The SMILES string of the molecule is CCOC(C)=O.O=C(Cl)OC(Cl)(Cl)Cl. The van der Waals surface area contributed by atoms with Crippen molar-refractivity contribution < 1.29 is 19.1 Å². The molecule has 0 aromatic heterocycles. The van der Waals surface area contributed by atoms with Gasteiger partial charge < -0.3 is 9.47 Å². The summed E-state index contributed by atoms with van der Waals surface area (Å²) in [6.07, 6.45) is 0. The van der Waals surface area contributed by atoms with E-state index in [0.717, 1.165) is 0 Å². The number of ether oxygens (including phenoxy) is 2. The smallest absolute Gasteiger partial charge is 0.407 e. The lowest BCUT2D eigenvalue weighted by atomic mass is 10.8. The summed E-state index contributed by atoms with van der Waals surface area (Å²) in [7, 11) is 0. The van der Waals surface area contributed by atoms with E-state index in [4.69, 9.17) is 34.8 Å². The highest BCUT2D eigenvalue weighted by atomic mass is 35.6. The van der Waals surface area contributed by atoms with Gasteiger partial charge in [0.25, 0.3) is 0 Å². The summed E-state index contributed by atoms with van der Waals surface area (Å²) < 4.78 is 6.22. The third-order valence-corrected chi connectivity index (χ3v) is 0.852. The van der Waals surface area contributed by atoms with Crippen LogP contribution in [0.1, 0.15) is 13.8 Å². The average Bonchev–Trinajstić information content (AvgIpc) is 1.80. The quantitative estimate of drug-likeness (QED) is 0.422. The standard InChI is InChI=1S/C4H8O2.C2Cl4O2/c1-3-6-4(2)5;3-1(7)8-2(4,5)6/h3H2,1-2H3;. The Bertz CT molecular complexity index is 189. The second-order valence-corrected chi connectivity index (χ2v) is 4.20. The largest absolute Gasteiger partial charge is 0.466 e. The van der Waals surface area contributed by atoms with E-state index >= 15 is 0 Å². The van der Waals surface area contributed by atoms with Gasteiger partial charge in [0.2, 0.25) is 0 Å². The minimum atomic E-state index is -2.04. The molecule has 0 unspecified atom stereocenters. The summed E-state index contributed by atoms with van der Waals surface area (Å²) in [5, 5.41) is 0. The lowest BCUT2D eigenvalue weighted by Gasteiger charge is -2.06. The van der Waals surface area contributed by atoms with Crippen LogP contribution in [-0.4, -0.2) is 22.0 Å². The number of esters is 1. The fourth-order valence-electron chi connectivity index (χ4n) is 0.294. The second kappa shape index (κ2) is 8.41. The molecule has 4 nitrogen and oxygen atoms in total. The van der Waals surface area contributed by atoms with Crippen molar-refractivity contribution in [3.8, 4) is 0 Å². The summed E-state index contributed by atoms with van der Waals surface area (Å²) in [6.45, 7) is 3.65. The maximum absolute atomic E-state index is 9.82. The Morgan fingerprint density at radius 1 is 1.29 bits per heavy atom. The van der Waals surface area contributed by atoms with Crippen LogP contribution in [0.2, 0.25) is 0 Å². The van der Waals surface area contributed by atoms with E-state index in [9.17, 15) is 9.59 Å². The molecular formula is C6H8Cl4O4. The molecule has 0 saturated heterocycles. The molecule has 84 valence electrons. The van der Waals surface area contributed by atoms with Gasteiger partial charge in [-0.15, -0.1) is 0 Å². The van der Waals surface area contributed by atoms with Crippen LogP contribution >= 0.6 is 46.4 Å². The fraction of sp³-hybridized carbons (Fsp3) is 0.667. The normalized spacial score (nSPS) is 9.57. The number of hydrogen-bond donors (Lipinski definition) is 0. The summed E-state index contributed by atoms with van der Waals surface area (Å²) >= 11 is 19.4. The maximum atomic E-state index is 9.82. The van der Waals surface area contributed by atoms with Gasteiger partial charge in [-0.1, -0.05) is 0 Å². The van der Waals surface area contributed by atoms with Crippen molar-refractivity contribution >= 4 is 57.8 Å². The van der Waals surface area contributed by atoms with Gasteiger partial charge in [-0.2, -0.15) is 0 Å². The molecule has 0 aliphatic rings. The van der Waals surface area contributed by atoms with E-state index in [1.54, 1.807) is 6.92 Å². The first-order valence-electron chi connectivity index (χ1n) is 3.27. The zero-order chi connectivity index (χ0) is 11.8. The Hall–Kier alpha value is 0.1000. The lowest BCUT2D eigenvalue weighted by molar-refractivity contribution is -0.140. The van der Waals surface area contributed by atoms with E-state index in [1.165, 1.54) is 6.92 Å². The molecule has 0 aromatic rings. The van der Waals surface area contributed by atoms with Gasteiger partial charge in [-0.25, -0.2) is 4.79 Å². The zero-order valence-corrected chi connectivity index (χ0v) is 10.4. The van der Waals surface area contributed by atoms with E-state index < -0.39 is 9.41 Å². The summed E-state index contributed by atoms with van der Waals surface area (Å²) in [5.41, 5.74) is -1.15. The number of rotatable bonds is 1. The minimum absolute atomic E-state index is 0.211. The molecule has 0 fully saturated rings. The predicted octanol–water partition coefficient (Wildman–Crippen LogP) is 3.26. The van der Waals surface area contributed by atoms with Crippen molar-refractivity contribution in [2.24, 2.45) is 0 Å². The summed E-state index contributed by atoms with van der Waals surface area (Å²) in [6, 6.07) is 0. The Balaban J connectivity index is 0. The third kappa shape index (κ3) is 22.7. The highest BCUT2D eigenvalue weighted by Gasteiger charge is 2.23. The van der Waals surface area contributed by atoms with Gasteiger partial charge in [0.15, 0.2) is 0 Å². The van der Waals surface area contributed by atoms with Gasteiger partial charge in [0, 0.05) is 18.5 Å². The highest BCUT2D eigenvalue weighted by molar-refractivity contribution is 6.69. The summed E-state index contributed by atoms with van der Waals surface area (Å²) in [5.74, 6) is -0.211. The van der Waals surface area contributed by atoms with Crippen molar-refractivity contribution in [3.63, 3.8) is 0 Å². The van der Waals surface area contributed by atoms with Crippen molar-refractivity contribution in [1.82, 2.24) is 0 Å². The van der Waals surface area contributed by atoms with Crippen LogP contribution in [0.15, 0.2) is 0 Å². The van der Waals surface area contributed by atoms with Crippen LogP contribution in [-0.2, 0) is 14.3 Å².